The van der Waals surface area contributed by atoms with E-state index in [4.69, 9.17) is 4.42 Å². The number of carbonyl (C=O) groups excluding carboxylic acids is 2. The highest BCUT2D eigenvalue weighted by atomic mass is 19.1. The molecule has 0 radical (unpaired) electrons. The molecule has 0 unspecified atom stereocenters. The molecule has 2 heterocycles. The summed E-state index contributed by atoms with van der Waals surface area (Å²) in [5.74, 6) is -0.754. The van der Waals surface area contributed by atoms with Gasteiger partial charge in [0.05, 0.1) is 44.7 Å². The molecule has 0 bridgehead atoms. The van der Waals surface area contributed by atoms with Crippen molar-refractivity contribution in [1.29, 1.82) is 0 Å². The van der Waals surface area contributed by atoms with Crippen LogP contribution in [-0.2, 0) is 9.59 Å². The number of piperazine rings is 1. The molecule has 2 aromatic rings. The lowest BCUT2D eigenvalue weighted by Crippen LogP contribution is -3.15. The molecule has 0 spiro atoms. The standard InChI is InChI=1S/C20H25FN4O3/c1-2-22-19(26)20(27)23-14-17(18-8-5-13-28-18)25-11-9-24(10-12-25)16-7-4-3-6-15(16)21/h3-8,13,17H,2,9-12,14H2,1H3,(H,22,26)(H,23,27)/p+1/t17-/m0/s1. The maximum absolute atomic E-state index is 14.1. The number of amides is 2. The van der Waals surface area contributed by atoms with Gasteiger partial charge in [0.2, 0.25) is 0 Å². The monoisotopic (exact) mass is 389 g/mol. The Morgan fingerprint density at radius 1 is 1.14 bits per heavy atom. The van der Waals surface area contributed by atoms with E-state index in [0.717, 1.165) is 18.8 Å². The smallest absolute Gasteiger partial charge is 0.309 e. The van der Waals surface area contributed by atoms with Gasteiger partial charge in [0.25, 0.3) is 0 Å². The first-order valence-electron chi connectivity index (χ1n) is 9.53. The van der Waals surface area contributed by atoms with Crippen LogP contribution in [0.3, 0.4) is 0 Å². The second-order valence-electron chi connectivity index (χ2n) is 6.73. The van der Waals surface area contributed by atoms with E-state index in [2.05, 4.69) is 10.6 Å². The van der Waals surface area contributed by atoms with Crippen LogP contribution in [0, 0.1) is 5.82 Å². The van der Waals surface area contributed by atoms with Crippen LogP contribution in [-0.4, -0.2) is 51.1 Å². The Morgan fingerprint density at radius 3 is 2.50 bits per heavy atom. The molecule has 150 valence electrons. The van der Waals surface area contributed by atoms with Gasteiger partial charge >= 0.3 is 11.8 Å². The van der Waals surface area contributed by atoms with Gasteiger partial charge < -0.3 is 24.9 Å². The summed E-state index contributed by atoms with van der Waals surface area (Å²) < 4.78 is 19.6. The molecule has 28 heavy (non-hydrogen) atoms. The molecule has 1 aromatic carbocycles. The Hall–Kier alpha value is -2.87. The molecule has 0 aliphatic carbocycles. The van der Waals surface area contributed by atoms with Crippen molar-refractivity contribution < 1.29 is 23.3 Å². The van der Waals surface area contributed by atoms with Gasteiger partial charge in [0, 0.05) is 6.54 Å². The summed E-state index contributed by atoms with van der Waals surface area (Å²) in [5.41, 5.74) is 0.612. The number of nitrogens with zero attached hydrogens (tertiary/aromatic N) is 1. The number of likely N-dealkylation sites (N-methyl/N-ethyl adjacent to an activating group) is 1. The summed E-state index contributed by atoms with van der Waals surface area (Å²) in [5, 5.41) is 5.19. The number of hydrogen-bond acceptors (Lipinski definition) is 4. The van der Waals surface area contributed by atoms with Crippen LogP contribution in [0.5, 0.6) is 0 Å². The number of quaternary nitrogens is 1. The first-order chi connectivity index (χ1) is 13.6. The highest BCUT2D eigenvalue weighted by Gasteiger charge is 2.32. The topological polar surface area (TPSA) is 79.0 Å². The molecule has 3 rings (SSSR count). The Morgan fingerprint density at radius 2 is 1.86 bits per heavy atom. The van der Waals surface area contributed by atoms with Crippen molar-refractivity contribution in [1.82, 2.24) is 10.6 Å². The predicted octanol–water partition coefficient (Wildman–Crippen LogP) is 0.117. The van der Waals surface area contributed by atoms with Crippen LogP contribution in [0.25, 0.3) is 0 Å². The Labute approximate surface area is 163 Å². The van der Waals surface area contributed by atoms with Gasteiger partial charge in [-0.3, -0.25) is 9.59 Å². The Balaban J connectivity index is 1.63. The summed E-state index contributed by atoms with van der Waals surface area (Å²) in [4.78, 5) is 26.9. The quantitative estimate of drug-likeness (QED) is 0.613. The molecule has 3 N–H and O–H groups in total. The molecule has 7 nitrogen and oxygen atoms in total. The minimum Gasteiger partial charge on any atom is -0.463 e. The highest BCUT2D eigenvalue weighted by Crippen LogP contribution is 2.19. The van der Waals surface area contributed by atoms with E-state index in [-0.39, 0.29) is 11.9 Å². The molecule has 1 aliphatic heterocycles. The average molecular weight is 389 g/mol. The van der Waals surface area contributed by atoms with Crippen molar-refractivity contribution in [3.63, 3.8) is 0 Å². The lowest BCUT2D eigenvalue weighted by Gasteiger charge is -2.37. The number of benzene rings is 1. The molecule has 2 amide bonds. The van der Waals surface area contributed by atoms with Crippen molar-refractivity contribution in [3.05, 3.63) is 54.2 Å². The summed E-state index contributed by atoms with van der Waals surface area (Å²) in [6.45, 7) is 5.36. The van der Waals surface area contributed by atoms with Crippen LogP contribution in [0.4, 0.5) is 10.1 Å². The number of para-hydroxylation sites is 1. The third kappa shape index (κ3) is 4.69. The second-order valence-corrected chi connectivity index (χ2v) is 6.73. The lowest BCUT2D eigenvalue weighted by atomic mass is 10.1. The number of furan rings is 1. The van der Waals surface area contributed by atoms with E-state index in [1.165, 1.54) is 11.0 Å². The fourth-order valence-corrected chi connectivity index (χ4v) is 3.54. The normalized spacial score (nSPS) is 15.9. The third-order valence-corrected chi connectivity index (χ3v) is 4.99. The number of carbonyl (C=O) groups is 2. The molecule has 1 aliphatic rings. The first kappa shape index (κ1) is 19.9. The molecule has 1 atom stereocenters. The molecule has 1 aromatic heterocycles. The maximum Gasteiger partial charge on any atom is 0.309 e. The number of hydrogen-bond donors (Lipinski definition) is 3. The van der Waals surface area contributed by atoms with Crippen molar-refractivity contribution in [2.45, 2.75) is 13.0 Å². The largest absolute Gasteiger partial charge is 0.463 e. The zero-order chi connectivity index (χ0) is 19.9. The van der Waals surface area contributed by atoms with E-state index in [1.807, 2.05) is 23.1 Å². The first-order valence-corrected chi connectivity index (χ1v) is 9.53. The molecule has 0 saturated carbocycles. The lowest BCUT2D eigenvalue weighted by molar-refractivity contribution is -0.932. The fourth-order valence-electron chi connectivity index (χ4n) is 3.54. The number of anilines is 1. The van der Waals surface area contributed by atoms with Crippen LogP contribution in [0.2, 0.25) is 0 Å². The van der Waals surface area contributed by atoms with Gasteiger partial charge in [-0.1, -0.05) is 12.1 Å². The molecular formula is C20H26FN4O3+. The van der Waals surface area contributed by atoms with E-state index < -0.39 is 11.8 Å². The molecular weight excluding hydrogens is 363 g/mol. The van der Waals surface area contributed by atoms with Gasteiger partial charge in [0.15, 0.2) is 11.8 Å². The van der Waals surface area contributed by atoms with Crippen LogP contribution in [0.1, 0.15) is 18.7 Å². The van der Waals surface area contributed by atoms with Crippen molar-refractivity contribution >= 4 is 17.5 Å². The number of halogens is 1. The van der Waals surface area contributed by atoms with Crippen LogP contribution in [0.15, 0.2) is 47.1 Å². The van der Waals surface area contributed by atoms with E-state index in [9.17, 15) is 14.0 Å². The van der Waals surface area contributed by atoms with E-state index in [1.54, 1.807) is 25.3 Å². The average Bonchev–Trinajstić information content (AvgIpc) is 3.23. The van der Waals surface area contributed by atoms with Crippen molar-refractivity contribution in [2.24, 2.45) is 0 Å². The van der Waals surface area contributed by atoms with Gasteiger partial charge in [-0.15, -0.1) is 0 Å². The summed E-state index contributed by atoms with van der Waals surface area (Å²) >= 11 is 0. The Bertz CT molecular complexity index is 789. The molecule has 1 saturated heterocycles. The minimum absolute atomic E-state index is 0.115. The van der Waals surface area contributed by atoms with Crippen LogP contribution >= 0.6 is 0 Å². The Kier molecular flexibility index (Phi) is 6.65. The number of rotatable bonds is 6. The fraction of sp³-hybridized carbons (Fsp3) is 0.400. The van der Waals surface area contributed by atoms with E-state index in [0.29, 0.717) is 31.9 Å². The minimum atomic E-state index is -0.650. The summed E-state index contributed by atoms with van der Waals surface area (Å²) in [6, 6.07) is 10.3. The van der Waals surface area contributed by atoms with Gasteiger partial charge in [0.1, 0.15) is 5.82 Å². The zero-order valence-electron chi connectivity index (χ0n) is 15.9. The second kappa shape index (κ2) is 9.36. The van der Waals surface area contributed by atoms with Crippen molar-refractivity contribution in [3.8, 4) is 0 Å². The zero-order valence-corrected chi connectivity index (χ0v) is 15.9. The summed E-state index contributed by atoms with van der Waals surface area (Å²) in [6.07, 6.45) is 1.60. The van der Waals surface area contributed by atoms with E-state index >= 15 is 0 Å². The SMILES string of the molecule is CCNC(=O)C(=O)NC[C@@H](c1ccco1)[NH+]1CCN(c2ccccc2F)CC1. The van der Waals surface area contributed by atoms with Gasteiger partial charge in [-0.05, 0) is 31.2 Å². The predicted molar refractivity (Wildman–Crippen MR) is 102 cm³/mol. The number of nitrogens with one attached hydrogen (secondary N) is 3. The molecule has 8 heteroatoms. The maximum atomic E-state index is 14.1. The van der Waals surface area contributed by atoms with Gasteiger partial charge in [-0.25, -0.2) is 4.39 Å². The molecule has 1 fully saturated rings. The third-order valence-electron chi connectivity index (χ3n) is 4.99. The van der Waals surface area contributed by atoms with Gasteiger partial charge in [-0.2, -0.15) is 0 Å². The summed E-state index contributed by atoms with van der Waals surface area (Å²) in [7, 11) is 0. The van der Waals surface area contributed by atoms with Crippen LogP contribution < -0.4 is 20.4 Å². The van der Waals surface area contributed by atoms with Crippen molar-refractivity contribution in [2.75, 3.05) is 44.2 Å². The highest BCUT2D eigenvalue weighted by molar-refractivity contribution is 6.35.